The lowest BCUT2D eigenvalue weighted by Gasteiger charge is -2.00. The quantitative estimate of drug-likeness (QED) is 0.617. The van der Waals surface area contributed by atoms with E-state index in [2.05, 4.69) is 21.2 Å². The number of rotatable bonds is 2. The summed E-state index contributed by atoms with van der Waals surface area (Å²) in [6, 6.07) is 1.80. The standard InChI is InChI=1S/C7H7ClINOS/c1-4-3-6(7(8)11)5(2)10(4)12-9/h3H,1-2H3. The Kier molecular flexibility index (Phi) is 3.48. The minimum absolute atomic E-state index is 0.389. The zero-order valence-electron chi connectivity index (χ0n) is 6.60. The van der Waals surface area contributed by atoms with E-state index in [0.29, 0.717) is 5.56 Å². The van der Waals surface area contributed by atoms with Crippen LogP contribution >= 0.6 is 41.9 Å². The Hall–Kier alpha value is 0.320. The second kappa shape index (κ2) is 4.02. The number of carbonyl (C=O) groups excluding carboxylic acids is 1. The SMILES string of the molecule is Cc1cc(C(=O)Cl)c(C)n1SI. The first-order valence-corrected chi connectivity index (χ1v) is 6.95. The highest BCUT2D eigenvalue weighted by molar-refractivity contribution is 14.2. The van der Waals surface area contributed by atoms with Crippen molar-refractivity contribution < 1.29 is 4.79 Å². The van der Waals surface area contributed by atoms with Gasteiger partial charge in [0.15, 0.2) is 0 Å². The van der Waals surface area contributed by atoms with Crippen molar-refractivity contribution >= 4 is 47.2 Å². The van der Waals surface area contributed by atoms with E-state index in [1.54, 1.807) is 6.07 Å². The fourth-order valence-electron chi connectivity index (χ4n) is 1.05. The van der Waals surface area contributed by atoms with Crippen molar-refractivity contribution in [3.63, 3.8) is 0 Å². The van der Waals surface area contributed by atoms with Gasteiger partial charge in [0, 0.05) is 41.7 Å². The molecule has 0 aliphatic heterocycles. The monoisotopic (exact) mass is 315 g/mol. The minimum Gasteiger partial charge on any atom is -0.284 e. The topological polar surface area (TPSA) is 22.0 Å². The molecule has 0 saturated heterocycles. The van der Waals surface area contributed by atoms with E-state index >= 15 is 0 Å². The van der Waals surface area contributed by atoms with Crippen molar-refractivity contribution in [3.8, 4) is 0 Å². The normalized spacial score (nSPS) is 10.3. The summed E-state index contributed by atoms with van der Waals surface area (Å²) in [6.45, 7) is 3.83. The first-order chi connectivity index (χ1) is 5.57. The van der Waals surface area contributed by atoms with Crippen molar-refractivity contribution in [1.29, 1.82) is 0 Å². The summed E-state index contributed by atoms with van der Waals surface area (Å²) < 4.78 is 1.97. The fourth-order valence-corrected chi connectivity index (χ4v) is 3.42. The van der Waals surface area contributed by atoms with E-state index in [4.69, 9.17) is 11.6 Å². The molecule has 0 bridgehead atoms. The number of aromatic nitrogens is 1. The molecule has 0 aliphatic carbocycles. The van der Waals surface area contributed by atoms with Crippen LogP contribution in [0.15, 0.2) is 6.07 Å². The van der Waals surface area contributed by atoms with Gasteiger partial charge in [-0.3, -0.25) is 8.77 Å². The first-order valence-electron chi connectivity index (χ1n) is 3.25. The molecule has 1 heterocycles. The molecule has 5 heteroatoms. The molecule has 0 unspecified atom stereocenters. The summed E-state index contributed by atoms with van der Waals surface area (Å²) in [5, 5.41) is -0.389. The summed E-state index contributed by atoms with van der Waals surface area (Å²) in [4.78, 5) is 10.9. The maximum absolute atomic E-state index is 10.9. The number of hydrogen-bond donors (Lipinski definition) is 0. The van der Waals surface area contributed by atoms with Crippen LogP contribution in [0.2, 0.25) is 0 Å². The van der Waals surface area contributed by atoms with Gasteiger partial charge in [0.1, 0.15) is 0 Å². The third-order valence-corrected chi connectivity index (χ3v) is 3.73. The van der Waals surface area contributed by atoms with Crippen LogP contribution in [-0.4, -0.2) is 9.21 Å². The van der Waals surface area contributed by atoms with E-state index < -0.39 is 0 Å². The van der Waals surface area contributed by atoms with E-state index in [1.807, 2.05) is 17.8 Å². The molecule has 0 aliphatic rings. The van der Waals surface area contributed by atoms with Gasteiger partial charge in [-0.2, -0.15) is 0 Å². The number of hydrogen-bond acceptors (Lipinski definition) is 2. The molecule has 0 fully saturated rings. The first kappa shape index (κ1) is 10.4. The molecule has 1 aromatic rings. The predicted molar refractivity (Wildman–Crippen MR) is 61.1 cm³/mol. The molecule has 12 heavy (non-hydrogen) atoms. The molecule has 1 aromatic heterocycles. The van der Waals surface area contributed by atoms with Gasteiger partial charge in [-0.1, -0.05) is 0 Å². The summed E-state index contributed by atoms with van der Waals surface area (Å²) in [6.07, 6.45) is 0. The highest BCUT2D eigenvalue weighted by Gasteiger charge is 2.13. The van der Waals surface area contributed by atoms with E-state index in [-0.39, 0.29) is 5.24 Å². The van der Waals surface area contributed by atoms with Crippen LogP contribution in [0.4, 0.5) is 0 Å². The Labute approximate surface area is 92.4 Å². The summed E-state index contributed by atoms with van der Waals surface area (Å²) >= 11 is 7.55. The summed E-state index contributed by atoms with van der Waals surface area (Å²) in [5.41, 5.74) is 2.54. The molecule has 0 spiro atoms. The molecule has 0 saturated carbocycles. The van der Waals surface area contributed by atoms with Crippen LogP contribution in [0, 0.1) is 13.8 Å². The van der Waals surface area contributed by atoms with Crippen molar-refractivity contribution in [2.24, 2.45) is 0 Å². The van der Waals surface area contributed by atoms with Crippen LogP contribution in [-0.2, 0) is 0 Å². The van der Waals surface area contributed by atoms with Gasteiger partial charge >= 0.3 is 0 Å². The number of halogens is 2. The highest BCUT2D eigenvalue weighted by Crippen LogP contribution is 2.25. The molecule has 2 nitrogen and oxygen atoms in total. The molecule has 0 atom stereocenters. The zero-order chi connectivity index (χ0) is 9.30. The zero-order valence-corrected chi connectivity index (χ0v) is 10.3. The Balaban J connectivity index is 3.26. The average Bonchev–Trinajstić information content (AvgIpc) is 2.27. The van der Waals surface area contributed by atoms with Gasteiger partial charge in [-0.15, -0.1) is 0 Å². The third kappa shape index (κ3) is 1.80. The van der Waals surface area contributed by atoms with E-state index in [0.717, 1.165) is 11.4 Å². The van der Waals surface area contributed by atoms with Crippen LogP contribution in [0.3, 0.4) is 0 Å². The summed E-state index contributed by atoms with van der Waals surface area (Å²) in [5.74, 6) is 0. The molecule has 0 N–H and O–H groups in total. The fraction of sp³-hybridized carbons (Fsp3) is 0.286. The van der Waals surface area contributed by atoms with Gasteiger partial charge in [0.05, 0.1) is 5.56 Å². The van der Waals surface area contributed by atoms with E-state index in [9.17, 15) is 4.79 Å². The molecule has 1 rings (SSSR count). The Bertz CT molecular complexity index is 323. The number of aryl methyl sites for hydroxylation is 1. The molecule has 0 aromatic carbocycles. The lowest BCUT2D eigenvalue weighted by Crippen LogP contribution is -1.92. The van der Waals surface area contributed by atoms with Crippen LogP contribution in [0.25, 0.3) is 0 Å². The summed E-state index contributed by atoms with van der Waals surface area (Å²) in [7, 11) is 1.54. The Morgan fingerprint density at radius 3 is 2.50 bits per heavy atom. The predicted octanol–water partition coefficient (Wildman–Crippen LogP) is 3.33. The molecule has 0 radical (unpaired) electrons. The van der Waals surface area contributed by atoms with Gasteiger partial charge in [-0.05, 0) is 31.5 Å². The number of carbonyl (C=O) groups is 1. The minimum atomic E-state index is -0.389. The van der Waals surface area contributed by atoms with Gasteiger partial charge < -0.3 is 0 Å². The van der Waals surface area contributed by atoms with Crippen molar-refractivity contribution in [3.05, 3.63) is 23.0 Å². The second-order valence-corrected chi connectivity index (χ2v) is 4.45. The Morgan fingerprint density at radius 2 is 2.25 bits per heavy atom. The third-order valence-electron chi connectivity index (χ3n) is 1.65. The lowest BCUT2D eigenvalue weighted by molar-refractivity contribution is 0.108. The van der Waals surface area contributed by atoms with Crippen molar-refractivity contribution in [2.45, 2.75) is 13.8 Å². The largest absolute Gasteiger partial charge is 0.284 e. The average molecular weight is 316 g/mol. The van der Waals surface area contributed by atoms with Crippen LogP contribution in [0.5, 0.6) is 0 Å². The van der Waals surface area contributed by atoms with Gasteiger partial charge in [-0.25, -0.2) is 0 Å². The van der Waals surface area contributed by atoms with Crippen molar-refractivity contribution in [1.82, 2.24) is 3.97 Å². The van der Waals surface area contributed by atoms with Gasteiger partial charge in [0.25, 0.3) is 5.24 Å². The van der Waals surface area contributed by atoms with Crippen LogP contribution < -0.4 is 0 Å². The van der Waals surface area contributed by atoms with Crippen molar-refractivity contribution in [2.75, 3.05) is 0 Å². The maximum atomic E-state index is 10.9. The molecule has 66 valence electrons. The van der Waals surface area contributed by atoms with E-state index in [1.165, 1.54) is 9.12 Å². The molecule has 0 amide bonds. The Morgan fingerprint density at radius 1 is 1.67 bits per heavy atom. The molecular formula is C7H7ClINOS. The van der Waals surface area contributed by atoms with Gasteiger partial charge in [0.2, 0.25) is 0 Å². The second-order valence-electron chi connectivity index (χ2n) is 2.42. The number of nitrogens with zero attached hydrogens (tertiary/aromatic N) is 1. The highest BCUT2D eigenvalue weighted by atomic mass is 127. The molecular weight excluding hydrogens is 309 g/mol. The smallest absolute Gasteiger partial charge is 0.254 e. The van der Waals surface area contributed by atoms with Crippen LogP contribution in [0.1, 0.15) is 21.7 Å². The maximum Gasteiger partial charge on any atom is 0.254 e. The lowest BCUT2D eigenvalue weighted by atomic mass is 10.3.